The summed E-state index contributed by atoms with van der Waals surface area (Å²) in [5, 5.41) is 0. The van der Waals surface area contributed by atoms with E-state index in [4.69, 9.17) is 5.73 Å². The second-order valence-electron chi connectivity index (χ2n) is 6.66. The van der Waals surface area contributed by atoms with Crippen molar-refractivity contribution >= 4 is 24.0 Å². The van der Waals surface area contributed by atoms with Crippen molar-refractivity contribution in [3.63, 3.8) is 0 Å². The minimum absolute atomic E-state index is 0. The molecule has 1 saturated carbocycles. The van der Waals surface area contributed by atoms with Gasteiger partial charge in [0.15, 0.2) is 0 Å². The van der Waals surface area contributed by atoms with E-state index < -0.39 is 0 Å². The van der Waals surface area contributed by atoms with Crippen molar-refractivity contribution in [1.82, 2.24) is 4.90 Å². The Kier molecular flexibility index (Phi) is 6.13. The lowest BCUT2D eigenvalue weighted by molar-refractivity contribution is 0.0711. The summed E-state index contributed by atoms with van der Waals surface area (Å²) in [4.78, 5) is 14.8. The van der Waals surface area contributed by atoms with E-state index in [9.17, 15) is 4.79 Å². The van der Waals surface area contributed by atoms with Crippen molar-refractivity contribution in [3.8, 4) is 0 Å². The molecular formula is C18H27ClN2O. The number of nitrogens with two attached hydrogens (primary N) is 1. The third-order valence-electron chi connectivity index (χ3n) is 5.10. The highest BCUT2D eigenvalue weighted by molar-refractivity contribution is 5.95. The van der Waals surface area contributed by atoms with Crippen LogP contribution in [0.2, 0.25) is 0 Å². The minimum Gasteiger partial charge on any atom is -0.399 e. The summed E-state index contributed by atoms with van der Waals surface area (Å²) < 4.78 is 0. The van der Waals surface area contributed by atoms with E-state index in [1.54, 1.807) is 6.07 Å². The predicted molar refractivity (Wildman–Crippen MR) is 93.4 cm³/mol. The first kappa shape index (κ1) is 17.1. The number of benzene rings is 1. The lowest BCUT2D eigenvalue weighted by atomic mass is 9.84. The van der Waals surface area contributed by atoms with Gasteiger partial charge in [0.2, 0.25) is 0 Å². The first-order valence-corrected chi connectivity index (χ1v) is 8.40. The Labute approximate surface area is 139 Å². The first-order chi connectivity index (χ1) is 10.2. The van der Waals surface area contributed by atoms with Crippen molar-refractivity contribution < 1.29 is 4.79 Å². The van der Waals surface area contributed by atoms with Crippen LogP contribution in [-0.2, 0) is 0 Å². The number of carbonyl (C=O) groups excluding carboxylic acids is 1. The largest absolute Gasteiger partial charge is 0.399 e. The number of rotatable bonds is 3. The molecule has 1 aromatic rings. The zero-order valence-corrected chi connectivity index (χ0v) is 14.0. The number of amides is 1. The molecule has 2 fully saturated rings. The van der Waals surface area contributed by atoms with Crippen LogP contribution in [0.1, 0.15) is 61.7 Å². The number of nitrogens with zero attached hydrogens (tertiary/aromatic N) is 1. The average molecular weight is 323 g/mol. The van der Waals surface area contributed by atoms with Crippen LogP contribution in [0.3, 0.4) is 0 Å². The first-order valence-electron chi connectivity index (χ1n) is 8.40. The molecule has 1 aliphatic heterocycles. The summed E-state index contributed by atoms with van der Waals surface area (Å²) in [6.45, 7) is 0.908. The highest BCUT2D eigenvalue weighted by Crippen LogP contribution is 2.32. The van der Waals surface area contributed by atoms with Crippen molar-refractivity contribution in [2.45, 2.75) is 57.4 Å². The van der Waals surface area contributed by atoms with Crippen LogP contribution in [-0.4, -0.2) is 23.4 Å². The molecule has 3 nitrogen and oxygen atoms in total. The number of halogens is 1. The summed E-state index contributed by atoms with van der Waals surface area (Å²) in [5.41, 5.74) is 7.22. The normalized spacial score (nSPS) is 22.4. The molecule has 2 N–H and O–H groups in total. The molecule has 3 rings (SSSR count). The molecule has 1 aromatic carbocycles. The molecule has 0 bridgehead atoms. The van der Waals surface area contributed by atoms with Gasteiger partial charge >= 0.3 is 0 Å². The summed E-state index contributed by atoms with van der Waals surface area (Å²) in [6, 6.07) is 7.84. The lowest BCUT2D eigenvalue weighted by Crippen LogP contribution is -2.37. The van der Waals surface area contributed by atoms with E-state index in [2.05, 4.69) is 4.90 Å². The molecule has 0 spiro atoms. The molecule has 4 heteroatoms. The van der Waals surface area contributed by atoms with Gasteiger partial charge in [-0.15, -0.1) is 12.4 Å². The second kappa shape index (κ2) is 7.87. The topological polar surface area (TPSA) is 46.3 Å². The zero-order valence-electron chi connectivity index (χ0n) is 13.2. The minimum atomic E-state index is 0. The summed E-state index contributed by atoms with van der Waals surface area (Å²) >= 11 is 0. The van der Waals surface area contributed by atoms with Crippen LogP contribution in [0, 0.1) is 5.92 Å². The van der Waals surface area contributed by atoms with Gasteiger partial charge in [-0.3, -0.25) is 4.79 Å². The summed E-state index contributed by atoms with van der Waals surface area (Å²) in [7, 11) is 0. The van der Waals surface area contributed by atoms with Gasteiger partial charge in [-0.1, -0.05) is 38.2 Å². The Morgan fingerprint density at radius 1 is 1.14 bits per heavy atom. The Morgan fingerprint density at radius 3 is 2.64 bits per heavy atom. The Morgan fingerprint density at radius 2 is 1.91 bits per heavy atom. The number of nitrogen functional groups attached to an aromatic ring is 1. The van der Waals surface area contributed by atoms with E-state index in [1.165, 1.54) is 44.9 Å². The van der Waals surface area contributed by atoms with Crippen molar-refractivity contribution in [1.29, 1.82) is 0 Å². The van der Waals surface area contributed by atoms with Crippen LogP contribution in [0.25, 0.3) is 0 Å². The van der Waals surface area contributed by atoms with Crippen molar-refractivity contribution in [2.24, 2.45) is 5.92 Å². The quantitative estimate of drug-likeness (QED) is 0.845. The fraction of sp³-hybridized carbons (Fsp3) is 0.611. The van der Waals surface area contributed by atoms with Gasteiger partial charge in [0, 0.05) is 23.8 Å². The van der Waals surface area contributed by atoms with Crippen molar-refractivity contribution in [2.75, 3.05) is 12.3 Å². The highest BCUT2D eigenvalue weighted by atomic mass is 35.5. The fourth-order valence-corrected chi connectivity index (χ4v) is 3.99. The number of hydrogen-bond acceptors (Lipinski definition) is 2. The van der Waals surface area contributed by atoms with Gasteiger partial charge in [-0.05, 0) is 43.4 Å². The monoisotopic (exact) mass is 322 g/mol. The number of hydrogen-bond donors (Lipinski definition) is 1. The third-order valence-corrected chi connectivity index (χ3v) is 5.10. The number of anilines is 1. The molecule has 1 unspecified atom stereocenters. The van der Waals surface area contributed by atoms with Gasteiger partial charge in [0.05, 0.1) is 0 Å². The van der Waals surface area contributed by atoms with Gasteiger partial charge < -0.3 is 10.6 Å². The molecule has 1 amide bonds. The third kappa shape index (κ3) is 3.95. The summed E-state index contributed by atoms with van der Waals surface area (Å²) in [5.74, 6) is 0.999. The summed E-state index contributed by atoms with van der Waals surface area (Å²) in [6.07, 6.45) is 10.4. The maximum atomic E-state index is 12.7. The molecule has 0 aromatic heterocycles. The zero-order chi connectivity index (χ0) is 14.7. The van der Waals surface area contributed by atoms with E-state index >= 15 is 0 Å². The molecule has 2 aliphatic rings. The van der Waals surface area contributed by atoms with Gasteiger partial charge in [-0.2, -0.15) is 0 Å². The highest BCUT2D eigenvalue weighted by Gasteiger charge is 2.31. The van der Waals surface area contributed by atoms with E-state index in [-0.39, 0.29) is 18.3 Å². The number of likely N-dealkylation sites (tertiary alicyclic amines) is 1. The van der Waals surface area contributed by atoms with Crippen molar-refractivity contribution in [3.05, 3.63) is 29.8 Å². The smallest absolute Gasteiger partial charge is 0.254 e. The predicted octanol–water partition coefficient (Wildman–Crippen LogP) is 4.27. The SMILES string of the molecule is Cl.Nc1cccc(C(=O)N2CCCC2CC2CCCCC2)c1. The lowest BCUT2D eigenvalue weighted by Gasteiger charge is -2.30. The van der Waals surface area contributed by atoms with Gasteiger partial charge in [-0.25, -0.2) is 0 Å². The van der Waals surface area contributed by atoms with Crippen LogP contribution in [0.4, 0.5) is 5.69 Å². The molecule has 22 heavy (non-hydrogen) atoms. The maximum Gasteiger partial charge on any atom is 0.254 e. The molecule has 1 heterocycles. The maximum absolute atomic E-state index is 12.7. The molecule has 1 atom stereocenters. The molecule has 0 radical (unpaired) electrons. The van der Waals surface area contributed by atoms with Crippen LogP contribution in [0.5, 0.6) is 0 Å². The standard InChI is InChI=1S/C18H26N2O.ClH/c19-16-9-4-8-15(13-16)18(21)20-11-5-10-17(20)12-14-6-2-1-3-7-14;/h4,8-9,13-14,17H,1-3,5-7,10-12,19H2;1H. The van der Waals surface area contributed by atoms with Crippen LogP contribution in [0.15, 0.2) is 24.3 Å². The fourth-order valence-electron chi connectivity index (χ4n) is 3.99. The Balaban J connectivity index is 0.00000176. The Bertz CT molecular complexity index is 500. The van der Waals surface area contributed by atoms with E-state index in [0.717, 1.165) is 24.4 Å². The second-order valence-corrected chi connectivity index (χ2v) is 6.66. The van der Waals surface area contributed by atoms with Gasteiger partial charge in [0.25, 0.3) is 5.91 Å². The molecule has 1 aliphatic carbocycles. The molecule has 122 valence electrons. The van der Waals surface area contributed by atoms with Crippen LogP contribution < -0.4 is 5.73 Å². The van der Waals surface area contributed by atoms with Crippen LogP contribution >= 0.6 is 12.4 Å². The molecule has 1 saturated heterocycles. The van der Waals surface area contributed by atoms with E-state index in [1.807, 2.05) is 18.2 Å². The van der Waals surface area contributed by atoms with Gasteiger partial charge in [0.1, 0.15) is 0 Å². The Hall–Kier alpha value is -1.22. The number of carbonyl (C=O) groups is 1. The molecular weight excluding hydrogens is 296 g/mol. The van der Waals surface area contributed by atoms with E-state index in [0.29, 0.717) is 11.7 Å². The average Bonchev–Trinajstić information content (AvgIpc) is 2.95.